The molecule has 0 unspecified atom stereocenters. The number of imidazole rings is 1. The van der Waals surface area contributed by atoms with Crippen molar-refractivity contribution >= 4 is 40.2 Å². The highest BCUT2D eigenvalue weighted by Gasteiger charge is 2.25. The average Bonchev–Trinajstić information content (AvgIpc) is 3.12. The first kappa shape index (κ1) is 20.0. The number of aliphatic hydroxyl groups is 1. The summed E-state index contributed by atoms with van der Waals surface area (Å²) >= 11 is 6.18. The molecule has 2 fully saturated rings. The van der Waals surface area contributed by atoms with Gasteiger partial charge in [-0.25, -0.2) is 4.98 Å². The molecule has 0 aliphatic heterocycles. The Morgan fingerprint density at radius 2 is 1.90 bits per heavy atom. The van der Waals surface area contributed by atoms with E-state index in [4.69, 9.17) is 21.6 Å². The lowest BCUT2D eigenvalue weighted by atomic mass is 9.93. The van der Waals surface area contributed by atoms with Gasteiger partial charge in [-0.2, -0.15) is 15.2 Å². The number of benzene rings is 1. The molecule has 0 spiro atoms. The van der Waals surface area contributed by atoms with Crippen LogP contribution >= 0.6 is 11.6 Å². The van der Waals surface area contributed by atoms with E-state index >= 15 is 0 Å². The second kappa shape index (κ2) is 8.33. The van der Waals surface area contributed by atoms with E-state index in [-0.39, 0.29) is 12.1 Å². The van der Waals surface area contributed by atoms with Crippen LogP contribution in [0.5, 0.6) is 0 Å². The summed E-state index contributed by atoms with van der Waals surface area (Å²) in [4.78, 5) is 14.1. The molecular weight excluding hydrogens is 414 g/mol. The van der Waals surface area contributed by atoms with Crippen LogP contribution < -0.4 is 10.6 Å². The van der Waals surface area contributed by atoms with E-state index in [0.717, 1.165) is 44.2 Å². The first-order valence-corrected chi connectivity index (χ1v) is 11.1. The largest absolute Gasteiger partial charge is 0.393 e. The zero-order valence-electron chi connectivity index (χ0n) is 17.1. The van der Waals surface area contributed by atoms with Crippen LogP contribution in [-0.4, -0.2) is 36.8 Å². The molecule has 2 heterocycles. The quantitative estimate of drug-likeness (QED) is 0.537. The Balaban J connectivity index is 1.52. The Bertz CT molecular complexity index is 1140. The second-order valence-corrected chi connectivity index (χ2v) is 8.86. The first-order valence-electron chi connectivity index (χ1n) is 10.8. The molecular formula is C22H24ClN7O. The Morgan fingerprint density at radius 3 is 2.61 bits per heavy atom. The third-order valence-corrected chi connectivity index (χ3v) is 6.43. The van der Waals surface area contributed by atoms with Gasteiger partial charge in [-0.1, -0.05) is 11.6 Å². The van der Waals surface area contributed by atoms with Gasteiger partial charge in [0.1, 0.15) is 0 Å². The lowest BCUT2D eigenvalue weighted by Crippen LogP contribution is -2.29. The second-order valence-electron chi connectivity index (χ2n) is 8.42. The van der Waals surface area contributed by atoms with Crippen molar-refractivity contribution in [3.8, 4) is 6.07 Å². The molecule has 2 aromatic heterocycles. The van der Waals surface area contributed by atoms with Gasteiger partial charge in [-0.3, -0.25) is 0 Å². The smallest absolute Gasteiger partial charge is 0.227 e. The van der Waals surface area contributed by atoms with Crippen molar-refractivity contribution in [1.29, 1.82) is 5.26 Å². The Hall–Kier alpha value is -2.89. The highest BCUT2D eigenvalue weighted by molar-refractivity contribution is 6.31. The van der Waals surface area contributed by atoms with Gasteiger partial charge < -0.3 is 20.3 Å². The first-order chi connectivity index (χ1) is 15.1. The van der Waals surface area contributed by atoms with Crippen molar-refractivity contribution in [2.24, 2.45) is 0 Å². The van der Waals surface area contributed by atoms with E-state index in [2.05, 4.69) is 26.3 Å². The maximum atomic E-state index is 9.80. The molecule has 1 aromatic carbocycles. The van der Waals surface area contributed by atoms with Gasteiger partial charge in [0.25, 0.3) is 0 Å². The standard InChI is InChI=1S/C22H24ClN7O/c23-14-8-13(11-24)9-16(10-14)26-20-19-21(30(12-25-19)17-2-1-3-17)29-22(28-20)27-15-4-6-18(31)7-5-15/h8-10,12,15,17-18,31H,1-7H2,(H2,26,27,28,29). The van der Waals surface area contributed by atoms with Crippen LogP contribution in [0.3, 0.4) is 0 Å². The summed E-state index contributed by atoms with van der Waals surface area (Å²) in [5.41, 5.74) is 2.63. The third kappa shape index (κ3) is 4.16. The average molecular weight is 438 g/mol. The number of aliphatic hydroxyl groups excluding tert-OH is 1. The van der Waals surface area contributed by atoms with Gasteiger partial charge in [-0.05, 0) is 63.1 Å². The highest BCUT2D eigenvalue weighted by Crippen LogP contribution is 2.35. The molecule has 3 aromatic rings. The van der Waals surface area contributed by atoms with E-state index in [0.29, 0.717) is 39.6 Å². The fourth-order valence-electron chi connectivity index (χ4n) is 4.27. The molecule has 31 heavy (non-hydrogen) atoms. The van der Waals surface area contributed by atoms with Gasteiger partial charge in [0.2, 0.25) is 5.95 Å². The van der Waals surface area contributed by atoms with Crippen LogP contribution in [0.2, 0.25) is 5.02 Å². The van der Waals surface area contributed by atoms with E-state index in [9.17, 15) is 10.4 Å². The zero-order chi connectivity index (χ0) is 21.4. The van der Waals surface area contributed by atoms with E-state index in [1.165, 1.54) is 6.42 Å². The SMILES string of the molecule is N#Cc1cc(Cl)cc(Nc2nc(NC3CCC(O)CC3)nc3c2ncn3C2CCC2)c1. The monoisotopic (exact) mass is 437 g/mol. The molecule has 3 N–H and O–H groups in total. The molecule has 0 atom stereocenters. The molecule has 2 aliphatic carbocycles. The highest BCUT2D eigenvalue weighted by atomic mass is 35.5. The van der Waals surface area contributed by atoms with E-state index in [1.807, 2.05) is 6.33 Å². The predicted octanol–water partition coefficient (Wildman–Crippen LogP) is 4.54. The minimum absolute atomic E-state index is 0.212. The van der Waals surface area contributed by atoms with Gasteiger partial charge in [0.05, 0.1) is 24.1 Å². The summed E-state index contributed by atoms with van der Waals surface area (Å²) in [6.07, 6.45) is 8.43. The van der Waals surface area contributed by atoms with Crippen LogP contribution in [0, 0.1) is 11.3 Å². The van der Waals surface area contributed by atoms with Crippen LogP contribution in [0.25, 0.3) is 11.2 Å². The molecule has 5 rings (SSSR count). The lowest BCUT2D eigenvalue weighted by Gasteiger charge is -2.28. The summed E-state index contributed by atoms with van der Waals surface area (Å²) < 4.78 is 2.14. The minimum Gasteiger partial charge on any atom is -0.393 e. The fraction of sp³-hybridized carbons (Fsp3) is 0.455. The summed E-state index contributed by atoms with van der Waals surface area (Å²) in [7, 11) is 0. The number of rotatable bonds is 5. The number of nitrogens with one attached hydrogen (secondary N) is 2. The fourth-order valence-corrected chi connectivity index (χ4v) is 4.50. The normalized spacial score (nSPS) is 21.5. The molecule has 160 valence electrons. The Labute approximate surface area is 185 Å². The minimum atomic E-state index is -0.212. The van der Waals surface area contributed by atoms with Gasteiger partial charge >= 0.3 is 0 Å². The topological polar surface area (TPSA) is 112 Å². The lowest BCUT2D eigenvalue weighted by molar-refractivity contribution is 0.126. The molecule has 8 nitrogen and oxygen atoms in total. The molecule has 2 saturated carbocycles. The zero-order valence-corrected chi connectivity index (χ0v) is 17.8. The van der Waals surface area contributed by atoms with Crippen molar-refractivity contribution in [3.05, 3.63) is 35.1 Å². The third-order valence-electron chi connectivity index (χ3n) is 6.21. The number of hydrogen-bond acceptors (Lipinski definition) is 7. The van der Waals surface area contributed by atoms with Gasteiger partial charge in [-0.15, -0.1) is 0 Å². The van der Waals surface area contributed by atoms with E-state index < -0.39 is 0 Å². The Kier molecular flexibility index (Phi) is 5.38. The molecule has 0 bridgehead atoms. The van der Waals surface area contributed by atoms with Gasteiger partial charge in [0, 0.05) is 22.8 Å². The maximum Gasteiger partial charge on any atom is 0.227 e. The van der Waals surface area contributed by atoms with Crippen molar-refractivity contribution in [2.45, 2.75) is 63.1 Å². The number of fused-ring (bicyclic) bond motifs is 1. The van der Waals surface area contributed by atoms with Crippen LogP contribution in [0.1, 0.15) is 56.6 Å². The Morgan fingerprint density at radius 1 is 1.10 bits per heavy atom. The van der Waals surface area contributed by atoms with Crippen molar-refractivity contribution < 1.29 is 5.11 Å². The summed E-state index contributed by atoms with van der Waals surface area (Å²) in [5.74, 6) is 1.12. The number of anilines is 3. The van der Waals surface area contributed by atoms with Gasteiger partial charge in [0.15, 0.2) is 17.0 Å². The predicted molar refractivity (Wildman–Crippen MR) is 120 cm³/mol. The number of aromatic nitrogens is 4. The molecule has 0 saturated heterocycles. The van der Waals surface area contributed by atoms with Crippen molar-refractivity contribution in [2.75, 3.05) is 10.6 Å². The van der Waals surface area contributed by atoms with Crippen LogP contribution in [0.15, 0.2) is 24.5 Å². The van der Waals surface area contributed by atoms with Crippen molar-refractivity contribution in [3.63, 3.8) is 0 Å². The molecule has 0 amide bonds. The summed E-state index contributed by atoms with van der Waals surface area (Å²) in [6.45, 7) is 0. The van der Waals surface area contributed by atoms with Crippen molar-refractivity contribution in [1.82, 2.24) is 19.5 Å². The summed E-state index contributed by atoms with van der Waals surface area (Å²) in [6, 6.07) is 7.89. The van der Waals surface area contributed by atoms with E-state index in [1.54, 1.807) is 18.2 Å². The number of hydrogen-bond donors (Lipinski definition) is 3. The van der Waals surface area contributed by atoms with Crippen LogP contribution in [0.4, 0.5) is 17.5 Å². The summed E-state index contributed by atoms with van der Waals surface area (Å²) in [5, 5.41) is 26.3. The molecule has 0 radical (unpaired) electrons. The molecule has 2 aliphatic rings. The van der Waals surface area contributed by atoms with Crippen LogP contribution in [-0.2, 0) is 0 Å². The number of nitriles is 1. The number of nitrogens with zero attached hydrogens (tertiary/aromatic N) is 5. The number of halogens is 1. The molecule has 9 heteroatoms. The maximum absolute atomic E-state index is 9.80.